The van der Waals surface area contributed by atoms with Crippen molar-refractivity contribution in [1.29, 1.82) is 0 Å². The molecule has 4 rings (SSSR count). The second-order valence-electron chi connectivity index (χ2n) is 9.03. The standard InChI is InChI=1S/C21H30N6/c1-21(2,3)18-8-9-19(25-24-18)27-13-17(14-27)26(4)12-16-10-11-22-20(23-16)15-6-5-7-15/h8-11,15,17H,5-7,12-14H2,1-4H3. The summed E-state index contributed by atoms with van der Waals surface area (Å²) in [5, 5.41) is 8.84. The molecule has 144 valence electrons. The van der Waals surface area contributed by atoms with Gasteiger partial charge in [-0.2, -0.15) is 5.10 Å². The molecule has 0 aromatic carbocycles. The van der Waals surface area contributed by atoms with E-state index in [1.807, 2.05) is 12.3 Å². The van der Waals surface area contributed by atoms with Crippen molar-refractivity contribution in [3.8, 4) is 0 Å². The quantitative estimate of drug-likeness (QED) is 0.810. The lowest BCUT2D eigenvalue weighted by atomic mass is 9.85. The van der Waals surface area contributed by atoms with E-state index >= 15 is 0 Å². The lowest BCUT2D eigenvalue weighted by Gasteiger charge is -2.44. The summed E-state index contributed by atoms with van der Waals surface area (Å²) in [7, 11) is 2.18. The normalized spacial score (nSPS) is 18.5. The first-order chi connectivity index (χ1) is 12.9. The Morgan fingerprint density at radius 1 is 1.11 bits per heavy atom. The van der Waals surface area contributed by atoms with Crippen LogP contribution in [0.3, 0.4) is 0 Å². The van der Waals surface area contributed by atoms with Crippen LogP contribution in [0.2, 0.25) is 0 Å². The Hall–Kier alpha value is -2.08. The molecule has 0 amide bonds. The zero-order valence-electron chi connectivity index (χ0n) is 16.9. The number of nitrogens with zero attached hydrogens (tertiary/aromatic N) is 6. The third kappa shape index (κ3) is 3.95. The zero-order valence-corrected chi connectivity index (χ0v) is 16.9. The maximum Gasteiger partial charge on any atom is 0.151 e. The van der Waals surface area contributed by atoms with Crippen LogP contribution in [0.4, 0.5) is 5.82 Å². The molecule has 0 unspecified atom stereocenters. The SMILES string of the molecule is CN(Cc1ccnc(C2CCC2)n1)C1CN(c2ccc(C(C)(C)C)nn2)C1. The zero-order chi connectivity index (χ0) is 19.0. The minimum Gasteiger partial charge on any atom is -0.352 e. The highest BCUT2D eigenvalue weighted by Crippen LogP contribution is 2.34. The summed E-state index contributed by atoms with van der Waals surface area (Å²) in [5.41, 5.74) is 2.20. The third-order valence-corrected chi connectivity index (χ3v) is 5.84. The molecule has 2 aromatic rings. The van der Waals surface area contributed by atoms with Gasteiger partial charge in [-0.15, -0.1) is 5.10 Å². The van der Waals surface area contributed by atoms with Gasteiger partial charge in [-0.3, -0.25) is 4.90 Å². The highest BCUT2D eigenvalue weighted by Gasteiger charge is 2.31. The number of rotatable bonds is 5. The van der Waals surface area contributed by atoms with Crippen LogP contribution in [0, 0.1) is 0 Å². The molecule has 2 aromatic heterocycles. The van der Waals surface area contributed by atoms with Gasteiger partial charge in [0.15, 0.2) is 5.82 Å². The van der Waals surface area contributed by atoms with Gasteiger partial charge in [0, 0.05) is 43.2 Å². The number of hydrogen-bond donors (Lipinski definition) is 0. The molecular weight excluding hydrogens is 336 g/mol. The first-order valence-corrected chi connectivity index (χ1v) is 10.0. The first kappa shape index (κ1) is 18.3. The van der Waals surface area contributed by atoms with Crippen molar-refractivity contribution in [1.82, 2.24) is 25.1 Å². The van der Waals surface area contributed by atoms with Crippen molar-refractivity contribution in [3.05, 3.63) is 41.6 Å². The number of anilines is 1. The van der Waals surface area contributed by atoms with E-state index in [1.54, 1.807) is 0 Å². The van der Waals surface area contributed by atoms with Crippen LogP contribution >= 0.6 is 0 Å². The Bertz CT molecular complexity index is 772. The molecule has 0 spiro atoms. The average Bonchev–Trinajstić information content (AvgIpc) is 2.52. The van der Waals surface area contributed by atoms with Crippen molar-refractivity contribution in [2.24, 2.45) is 0 Å². The van der Waals surface area contributed by atoms with E-state index in [0.717, 1.165) is 42.7 Å². The Labute approximate surface area is 162 Å². The van der Waals surface area contributed by atoms with Crippen LogP contribution in [0.1, 0.15) is 63.2 Å². The smallest absolute Gasteiger partial charge is 0.151 e. The van der Waals surface area contributed by atoms with E-state index in [9.17, 15) is 0 Å². The molecule has 2 aliphatic rings. The molecule has 27 heavy (non-hydrogen) atoms. The monoisotopic (exact) mass is 366 g/mol. The lowest BCUT2D eigenvalue weighted by Crippen LogP contribution is -2.58. The van der Waals surface area contributed by atoms with Crippen LogP contribution in [-0.2, 0) is 12.0 Å². The molecule has 6 heteroatoms. The molecule has 0 radical (unpaired) electrons. The van der Waals surface area contributed by atoms with E-state index in [2.05, 4.69) is 64.9 Å². The largest absolute Gasteiger partial charge is 0.352 e. The van der Waals surface area contributed by atoms with Gasteiger partial charge >= 0.3 is 0 Å². The number of likely N-dealkylation sites (N-methyl/N-ethyl adjacent to an activating group) is 1. The maximum absolute atomic E-state index is 4.80. The van der Waals surface area contributed by atoms with Crippen LogP contribution in [-0.4, -0.2) is 51.2 Å². The van der Waals surface area contributed by atoms with Gasteiger partial charge in [0.05, 0.1) is 11.4 Å². The molecule has 1 aliphatic carbocycles. The molecule has 3 heterocycles. The van der Waals surface area contributed by atoms with Crippen LogP contribution in [0.15, 0.2) is 24.4 Å². The predicted octanol–water partition coefficient (Wildman–Crippen LogP) is 3.15. The van der Waals surface area contributed by atoms with E-state index in [4.69, 9.17) is 4.98 Å². The van der Waals surface area contributed by atoms with E-state index in [0.29, 0.717) is 12.0 Å². The van der Waals surface area contributed by atoms with E-state index in [-0.39, 0.29) is 5.41 Å². The van der Waals surface area contributed by atoms with Crippen molar-refractivity contribution < 1.29 is 0 Å². The summed E-state index contributed by atoms with van der Waals surface area (Å²) >= 11 is 0. The minimum absolute atomic E-state index is 0.0408. The van der Waals surface area contributed by atoms with Gasteiger partial charge in [-0.05, 0) is 38.1 Å². The second-order valence-corrected chi connectivity index (χ2v) is 9.03. The molecule has 2 fully saturated rings. The van der Waals surface area contributed by atoms with E-state index in [1.165, 1.54) is 19.3 Å². The third-order valence-electron chi connectivity index (χ3n) is 5.84. The van der Waals surface area contributed by atoms with Gasteiger partial charge < -0.3 is 4.90 Å². The highest BCUT2D eigenvalue weighted by atomic mass is 15.4. The van der Waals surface area contributed by atoms with Gasteiger partial charge in [0.1, 0.15) is 5.82 Å². The number of aromatic nitrogens is 4. The Morgan fingerprint density at radius 3 is 2.48 bits per heavy atom. The van der Waals surface area contributed by atoms with E-state index < -0.39 is 0 Å². The fourth-order valence-electron chi connectivity index (χ4n) is 3.56. The Kier molecular flexibility index (Phi) is 4.84. The second kappa shape index (κ2) is 7.15. The molecular formula is C21H30N6. The molecule has 6 nitrogen and oxygen atoms in total. The van der Waals surface area contributed by atoms with Crippen molar-refractivity contribution in [3.63, 3.8) is 0 Å². The summed E-state index contributed by atoms with van der Waals surface area (Å²) in [6.07, 6.45) is 5.72. The molecule has 0 N–H and O–H groups in total. The van der Waals surface area contributed by atoms with Crippen LogP contribution < -0.4 is 4.90 Å². The lowest BCUT2D eigenvalue weighted by molar-refractivity contribution is 0.194. The number of hydrogen-bond acceptors (Lipinski definition) is 6. The minimum atomic E-state index is 0.0408. The Morgan fingerprint density at radius 2 is 1.89 bits per heavy atom. The van der Waals surface area contributed by atoms with Crippen molar-refractivity contribution >= 4 is 5.82 Å². The fraction of sp³-hybridized carbons (Fsp3) is 0.619. The summed E-state index contributed by atoms with van der Waals surface area (Å²) in [5.74, 6) is 2.60. The van der Waals surface area contributed by atoms with Crippen molar-refractivity contribution in [2.45, 2.75) is 64.0 Å². The van der Waals surface area contributed by atoms with Crippen LogP contribution in [0.25, 0.3) is 0 Å². The molecule has 1 aliphatic heterocycles. The van der Waals surface area contributed by atoms with Crippen molar-refractivity contribution in [2.75, 3.05) is 25.0 Å². The topological polar surface area (TPSA) is 58.0 Å². The summed E-state index contributed by atoms with van der Waals surface area (Å²) < 4.78 is 0. The first-order valence-electron chi connectivity index (χ1n) is 10.0. The van der Waals surface area contributed by atoms with Gasteiger partial charge in [-0.1, -0.05) is 27.2 Å². The summed E-state index contributed by atoms with van der Waals surface area (Å²) in [6.45, 7) is 9.33. The molecule has 0 atom stereocenters. The summed E-state index contributed by atoms with van der Waals surface area (Å²) in [6, 6.07) is 6.77. The summed E-state index contributed by atoms with van der Waals surface area (Å²) in [4.78, 5) is 13.9. The average molecular weight is 367 g/mol. The van der Waals surface area contributed by atoms with Gasteiger partial charge in [-0.25, -0.2) is 9.97 Å². The van der Waals surface area contributed by atoms with Gasteiger partial charge in [0.2, 0.25) is 0 Å². The van der Waals surface area contributed by atoms with Crippen LogP contribution in [0.5, 0.6) is 0 Å². The molecule has 1 saturated carbocycles. The van der Waals surface area contributed by atoms with Gasteiger partial charge in [0.25, 0.3) is 0 Å². The predicted molar refractivity (Wildman–Crippen MR) is 107 cm³/mol. The molecule has 0 bridgehead atoms. The highest BCUT2D eigenvalue weighted by molar-refractivity contribution is 5.42. The maximum atomic E-state index is 4.80. The fourth-order valence-corrected chi connectivity index (χ4v) is 3.56. The molecule has 1 saturated heterocycles. The Balaban J connectivity index is 1.31.